The molecule has 22 heavy (non-hydrogen) atoms. The summed E-state index contributed by atoms with van der Waals surface area (Å²) in [6.45, 7) is 0. The van der Waals surface area contributed by atoms with Crippen LogP contribution in [0.1, 0.15) is 0 Å². The summed E-state index contributed by atoms with van der Waals surface area (Å²) in [5.74, 6) is 6.48. The Morgan fingerprint density at radius 1 is 1.32 bits per heavy atom. The Kier molecular flexibility index (Phi) is 4.30. The number of nitrogens with one attached hydrogen (secondary N) is 1. The van der Waals surface area contributed by atoms with E-state index in [1.807, 2.05) is 0 Å². The van der Waals surface area contributed by atoms with E-state index in [1.54, 1.807) is 36.1 Å². The van der Waals surface area contributed by atoms with Crippen molar-refractivity contribution in [2.75, 3.05) is 16.9 Å². The molecule has 10 heteroatoms. The quantitative estimate of drug-likeness (QED) is 0.533. The minimum absolute atomic E-state index is 0.172. The van der Waals surface area contributed by atoms with Crippen LogP contribution in [0.15, 0.2) is 41.3 Å². The molecule has 0 spiro atoms. The number of thioether (sulfide) groups is 1. The molecule has 112 valence electrons. The fourth-order valence-corrected chi connectivity index (χ4v) is 2.85. The lowest BCUT2D eigenvalue weighted by Gasteiger charge is -2.03. The van der Waals surface area contributed by atoms with Gasteiger partial charge < -0.3 is 11.2 Å². The van der Waals surface area contributed by atoms with Gasteiger partial charge in [0.15, 0.2) is 11.0 Å². The monoisotopic (exact) mass is 333 g/mol. The second-order valence-corrected chi connectivity index (χ2v) is 5.92. The minimum Gasteiger partial charge on any atom is -0.335 e. The van der Waals surface area contributed by atoms with Gasteiger partial charge in [-0.05, 0) is 12.1 Å². The fourth-order valence-electron chi connectivity index (χ4n) is 1.64. The number of rotatable bonds is 5. The molecule has 0 bridgehead atoms. The number of pyridine rings is 1. The topological polar surface area (TPSA) is 112 Å². The Hall–Kier alpha value is -2.46. The Morgan fingerprint density at radius 2 is 2.14 bits per heavy atom. The Balaban J connectivity index is 1.64. The number of nitrogen functional groups attached to an aromatic ring is 1. The van der Waals surface area contributed by atoms with Crippen molar-refractivity contribution >= 4 is 34.1 Å². The first-order valence-corrected chi connectivity index (χ1v) is 8.03. The maximum atomic E-state index is 11.8. The van der Waals surface area contributed by atoms with Crippen LogP contribution < -0.4 is 11.2 Å². The van der Waals surface area contributed by atoms with Gasteiger partial charge in [-0.1, -0.05) is 11.8 Å². The van der Waals surface area contributed by atoms with Crippen molar-refractivity contribution in [2.45, 2.75) is 5.16 Å². The van der Waals surface area contributed by atoms with E-state index in [1.165, 1.54) is 27.8 Å². The lowest BCUT2D eigenvalue weighted by molar-refractivity contribution is -0.113. The zero-order valence-electron chi connectivity index (χ0n) is 11.2. The summed E-state index contributed by atoms with van der Waals surface area (Å²) < 4.78 is 1.36. The fraction of sp³-hybridized carbons (Fsp3) is 0.0833. The van der Waals surface area contributed by atoms with E-state index in [-0.39, 0.29) is 11.7 Å². The molecule has 0 aromatic carbocycles. The summed E-state index contributed by atoms with van der Waals surface area (Å²) in [6, 6.07) is 3.58. The smallest absolute Gasteiger partial charge is 0.236 e. The lowest BCUT2D eigenvalue weighted by Crippen LogP contribution is -2.16. The van der Waals surface area contributed by atoms with Crippen molar-refractivity contribution in [1.82, 2.24) is 24.8 Å². The number of hydrogen-bond acceptors (Lipinski definition) is 8. The highest BCUT2D eigenvalue weighted by Gasteiger charge is 2.14. The first kappa shape index (κ1) is 14.5. The predicted octanol–water partition coefficient (Wildman–Crippen LogP) is 1.24. The summed E-state index contributed by atoms with van der Waals surface area (Å²) in [4.78, 5) is 19.7. The van der Waals surface area contributed by atoms with Gasteiger partial charge in [-0.2, -0.15) is 0 Å². The van der Waals surface area contributed by atoms with Gasteiger partial charge in [-0.3, -0.25) is 9.78 Å². The van der Waals surface area contributed by atoms with Crippen LogP contribution in [0.3, 0.4) is 0 Å². The van der Waals surface area contributed by atoms with Crippen LogP contribution in [-0.4, -0.2) is 36.5 Å². The molecule has 8 nitrogen and oxygen atoms in total. The largest absolute Gasteiger partial charge is 0.335 e. The first-order valence-electron chi connectivity index (χ1n) is 6.17. The predicted molar refractivity (Wildman–Crippen MR) is 84.9 cm³/mol. The molecule has 3 rings (SSSR count). The molecule has 3 heterocycles. The molecule has 0 atom stereocenters. The number of carbonyl (C=O) groups excluding carboxylic acids is 1. The molecular weight excluding hydrogens is 322 g/mol. The van der Waals surface area contributed by atoms with Crippen LogP contribution in [-0.2, 0) is 4.79 Å². The van der Waals surface area contributed by atoms with Gasteiger partial charge in [0, 0.05) is 29.5 Å². The van der Waals surface area contributed by atoms with Gasteiger partial charge in [-0.15, -0.1) is 21.5 Å². The normalized spacial score (nSPS) is 10.5. The van der Waals surface area contributed by atoms with Crippen LogP contribution in [0.4, 0.5) is 5.13 Å². The standard InChI is InChI=1S/C12H11N7OS2/c13-19-10(8-1-3-14-4-2-8)17-18-12(19)22-7-9(20)16-11-15-5-6-21-11/h1-6H,7,13H2,(H,15,16,20). The van der Waals surface area contributed by atoms with E-state index in [0.29, 0.717) is 16.1 Å². The third-order valence-electron chi connectivity index (χ3n) is 2.61. The molecule has 0 aliphatic carbocycles. The number of aromatic nitrogens is 5. The van der Waals surface area contributed by atoms with Crippen molar-refractivity contribution < 1.29 is 4.79 Å². The Bertz CT molecular complexity index is 757. The number of amides is 1. The molecule has 0 radical (unpaired) electrons. The third kappa shape index (κ3) is 3.23. The molecule has 0 unspecified atom stereocenters. The van der Waals surface area contributed by atoms with Crippen LogP contribution in [0.2, 0.25) is 0 Å². The number of anilines is 1. The van der Waals surface area contributed by atoms with Gasteiger partial charge in [-0.25, -0.2) is 9.66 Å². The molecular formula is C12H11N7OS2. The molecule has 3 aromatic heterocycles. The van der Waals surface area contributed by atoms with Crippen molar-refractivity contribution in [3.05, 3.63) is 36.1 Å². The van der Waals surface area contributed by atoms with E-state index in [9.17, 15) is 4.79 Å². The van der Waals surface area contributed by atoms with Crippen molar-refractivity contribution in [3.63, 3.8) is 0 Å². The molecule has 3 aromatic rings. The summed E-state index contributed by atoms with van der Waals surface area (Å²) in [5, 5.41) is 13.5. The van der Waals surface area contributed by atoms with E-state index < -0.39 is 0 Å². The van der Waals surface area contributed by atoms with E-state index >= 15 is 0 Å². The van der Waals surface area contributed by atoms with Gasteiger partial charge in [0.25, 0.3) is 0 Å². The summed E-state index contributed by atoms with van der Waals surface area (Å²) in [5.41, 5.74) is 0.809. The first-order chi connectivity index (χ1) is 10.7. The molecule has 0 fully saturated rings. The maximum Gasteiger partial charge on any atom is 0.236 e. The van der Waals surface area contributed by atoms with E-state index in [4.69, 9.17) is 5.84 Å². The zero-order valence-corrected chi connectivity index (χ0v) is 12.8. The Labute approximate surface area is 133 Å². The SMILES string of the molecule is Nn1c(SCC(=O)Nc2nccs2)nnc1-c1ccncc1. The average molecular weight is 333 g/mol. The van der Waals surface area contributed by atoms with Crippen LogP contribution in [0, 0.1) is 0 Å². The van der Waals surface area contributed by atoms with E-state index in [0.717, 1.165) is 5.56 Å². The van der Waals surface area contributed by atoms with Gasteiger partial charge in [0.1, 0.15) is 0 Å². The molecule has 0 aliphatic heterocycles. The van der Waals surface area contributed by atoms with Gasteiger partial charge in [0.05, 0.1) is 5.75 Å². The summed E-state index contributed by atoms with van der Waals surface area (Å²) >= 11 is 2.57. The van der Waals surface area contributed by atoms with Crippen LogP contribution in [0.5, 0.6) is 0 Å². The highest BCUT2D eigenvalue weighted by atomic mass is 32.2. The molecule has 0 aliphatic rings. The van der Waals surface area contributed by atoms with Crippen molar-refractivity contribution in [3.8, 4) is 11.4 Å². The van der Waals surface area contributed by atoms with E-state index in [2.05, 4.69) is 25.5 Å². The van der Waals surface area contributed by atoms with Crippen molar-refractivity contribution in [2.24, 2.45) is 0 Å². The molecule has 0 saturated heterocycles. The number of hydrogen-bond donors (Lipinski definition) is 2. The summed E-state index contributed by atoms with van der Waals surface area (Å²) in [6.07, 6.45) is 4.93. The summed E-state index contributed by atoms with van der Waals surface area (Å²) in [7, 11) is 0. The molecule has 3 N–H and O–H groups in total. The molecule has 0 saturated carbocycles. The highest BCUT2D eigenvalue weighted by Crippen LogP contribution is 2.21. The van der Waals surface area contributed by atoms with Crippen LogP contribution >= 0.6 is 23.1 Å². The second-order valence-electron chi connectivity index (χ2n) is 4.09. The third-order valence-corrected chi connectivity index (χ3v) is 4.25. The number of nitrogens with two attached hydrogens (primary N) is 1. The average Bonchev–Trinajstić information content (AvgIpc) is 3.16. The number of nitrogens with zero attached hydrogens (tertiary/aromatic N) is 5. The van der Waals surface area contributed by atoms with Gasteiger partial charge >= 0.3 is 0 Å². The van der Waals surface area contributed by atoms with Crippen molar-refractivity contribution in [1.29, 1.82) is 0 Å². The highest BCUT2D eigenvalue weighted by molar-refractivity contribution is 7.99. The van der Waals surface area contributed by atoms with Crippen LogP contribution in [0.25, 0.3) is 11.4 Å². The number of carbonyl (C=O) groups is 1. The second kappa shape index (κ2) is 6.54. The lowest BCUT2D eigenvalue weighted by atomic mass is 10.2. The minimum atomic E-state index is -0.173. The zero-order chi connectivity index (χ0) is 15.4. The maximum absolute atomic E-state index is 11.8. The Morgan fingerprint density at radius 3 is 2.86 bits per heavy atom. The molecule has 1 amide bonds. The number of thiazole rings is 1. The van der Waals surface area contributed by atoms with Gasteiger partial charge in [0.2, 0.25) is 11.1 Å².